The van der Waals surface area contributed by atoms with Gasteiger partial charge in [-0.05, 0) is 0 Å². The van der Waals surface area contributed by atoms with Crippen LogP contribution in [0.2, 0.25) is 0 Å². The maximum absolute atomic E-state index is 3.19. The first-order chi connectivity index (χ1) is 8.31. The predicted octanol–water partition coefficient (Wildman–Crippen LogP) is -1.07. The van der Waals surface area contributed by atoms with Crippen LogP contribution in [0.1, 0.15) is 54.4 Å². The predicted molar refractivity (Wildman–Crippen MR) is 78.0 cm³/mol. The molecular weight excluding hydrogens is 366 g/mol. The summed E-state index contributed by atoms with van der Waals surface area (Å²) >= 11 is 1.55. The molecule has 0 spiro atoms. The summed E-state index contributed by atoms with van der Waals surface area (Å²) < 4.78 is 1.51. The van der Waals surface area contributed by atoms with Crippen molar-refractivity contribution in [2.24, 2.45) is 0 Å². The Morgan fingerprint density at radius 2 is 1.10 bits per heavy atom. The summed E-state index contributed by atoms with van der Waals surface area (Å²) in [5, 5.41) is 0. The molecule has 0 fully saturated rings. The molecule has 3 heteroatoms. The molecule has 0 aromatic rings. The Bertz CT molecular complexity index is 375. The molecule has 0 aliphatic heterocycles. The number of hydrogen-bond donors (Lipinski definition) is 0. The first-order valence-electron chi connectivity index (χ1n) is 6.32. The van der Waals surface area contributed by atoms with Crippen molar-refractivity contribution >= 4 is 3.21 Å². The molecule has 0 aromatic carbocycles. The fourth-order valence-corrected chi connectivity index (χ4v) is 1.50. The van der Waals surface area contributed by atoms with Crippen LogP contribution in [-0.4, -0.2) is 3.21 Å². The largest absolute Gasteiger partial charge is 1.00 e. The summed E-state index contributed by atoms with van der Waals surface area (Å²) in [6, 6.07) is 0. The molecule has 0 N–H and O–H groups in total. The van der Waals surface area contributed by atoms with Gasteiger partial charge in [0.2, 0.25) is 0 Å². The zero-order valence-electron chi connectivity index (χ0n) is 13.3. The molecule has 20 heavy (non-hydrogen) atoms. The Labute approximate surface area is 152 Å². The second-order valence-corrected chi connectivity index (χ2v) is 7.51. The van der Waals surface area contributed by atoms with Gasteiger partial charge >= 0.3 is 41.3 Å². The van der Waals surface area contributed by atoms with Crippen LogP contribution >= 0.6 is 0 Å². The van der Waals surface area contributed by atoms with Gasteiger partial charge in [-0.3, -0.25) is 12.2 Å². The van der Waals surface area contributed by atoms with Gasteiger partial charge in [0.1, 0.15) is 0 Å². The minimum atomic E-state index is 0. The Morgan fingerprint density at radius 3 is 1.15 bits per heavy atom. The van der Waals surface area contributed by atoms with Crippen LogP contribution in [0.4, 0.5) is 0 Å². The first kappa shape index (κ1) is 25.3. The van der Waals surface area contributed by atoms with Gasteiger partial charge in [-0.1, -0.05) is 27.7 Å². The van der Waals surface area contributed by atoms with E-state index in [1.165, 1.54) is 25.5 Å². The number of rotatable bonds is 0. The Hall–Kier alpha value is 0.293. The fraction of sp³-hybridized carbons (Fsp3) is 0.471. The maximum Gasteiger partial charge on any atom is -1.00 e. The Balaban J connectivity index is -0.000000215. The van der Waals surface area contributed by atoms with Crippen molar-refractivity contribution in [3.63, 3.8) is 0 Å². The molecule has 0 aromatic heterocycles. The van der Waals surface area contributed by atoms with Crippen molar-refractivity contribution in [3.8, 4) is 0 Å². The summed E-state index contributed by atoms with van der Waals surface area (Å²) in [6.07, 6.45) is 12.8. The number of allylic oxidation sites excluding steroid dienone is 8. The van der Waals surface area contributed by atoms with E-state index in [9.17, 15) is 0 Å². The summed E-state index contributed by atoms with van der Waals surface area (Å²) in [6.45, 7) is 12.7. The molecule has 0 atom stereocenters. The van der Waals surface area contributed by atoms with Crippen molar-refractivity contribution < 1.29 is 49.0 Å². The molecular formula is C17H24Cl2Zr-2. The average molecular weight is 391 g/mol. The van der Waals surface area contributed by atoms with Gasteiger partial charge in [-0.25, -0.2) is 23.3 Å². The number of hydrogen-bond acceptors (Lipinski definition) is 0. The van der Waals surface area contributed by atoms with Gasteiger partial charge in [-0.2, -0.15) is 11.1 Å². The zero-order valence-corrected chi connectivity index (χ0v) is 17.3. The third-order valence-electron chi connectivity index (χ3n) is 2.22. The normalized spacial score (nSPS) is 14.8. The summed E-state index contributed by atoms with van der Waals surface area (Å²) in [5.41, 5.74) is 5.44. The second kappa shape index (κ2) is 14.2. The smallest absolute Gasteiger partial charge is 1.00 e. The molecule has 0 saturated carbocycles. The molecule has 0 heterocycles. The molecule has 112 valence electrons. The van der Waals surface area contributed by atoms with E-state index in [0.29, 0.717) is 0 Å². The molecule has 0 amide bonds. The van der Waals surface area contributed by atoms with E-state index >= 15 is 0 Å². The van der Waals surface area contributed by atoms with Crippen LogP contribution in [0.15, 0.2) is 34.4 Å². The average Bonchev–Trinajstić information content (AvgIpc) is 2.76. The Morgan fingerprint density at radius 1 is 0.850 bits per heavy atom. The van der Waals surface area contributed by atoms with Crippen LogP contribution in [0.25, 0.3) is 0 Å². The van der Waals surface area contributed by atoms with E-state index in [1.807, 2.05) is 0 Å². The summed E-state index contributed by atoms with van der Waals surface area (Å²) in [4.78, 5) is 0. The molecule has 0 bridgehead atoms. The van der Waals surface area contributed by atoms with E-state index < -0.39 is 0 Å². The third-order valence-corrected chi connectivity index (χ3v) is 2.22. The van der Waals surface area contributed by atoms with Crippen LogP contribution < -0.4 is 24.8 Å². The number of halogens is 2. The third kappa shape index (κ3) is 16.3. The monoisotopic (exact) mass is 388 g/mol. The maximum atomic E-state index is 3.19. The van der Waals surface area contributed by atoms with E-state index in [1.54, 1.807) is 24.2 Å². The molecule has 2 rings (SSSR count). The first-order valence-corrected chi connectivity index (χ1v) is 7.55. The minimum absolute atomic E-state index is 0. The minimum Gasteiger partial charge on any atom is -1.00 e. The van der Waals surface area contributed by atoms with Crippen molar-refractivity contribution in [2.45, 2.75) is 54.4 Å². The van der Waals surface area contributed by atoms with E-state index in [2.05, 4.69) is 65.8 Å². The fourth-order valence-electron chi connectivity index (χ4n) is 1.50. The van der Waals surface area contributed by atoms with Gasteiger partial charge < -0.3 is 24.8 Å². The van der Waals surface area contributed by atoms with E-state index in [4.69, 9.17) is 0 Å². The zero-order chi connectivity index (χ0) is 14.1. The molecule has 2 aliphatic rings. The quantitative estimate of drug-likeness (QED) is 0.462. The van der Waals surface area contributed by atoms with Gasteiger partial charge in [0.15, 0.2) is 0 Å². The SMILES string of the molecule is CC1=[C-]CC(C)=C1.CC1=[C-]CC(C)=C1.C[C](C)=[Zr+2].[Cl-].[Cl-]. The molecule has 0 nitrogen and oxygen atoms in total. The summed E-state index contributed by atoms with van der Waals surface area (Å²) in [5.74, 6) is 0. The molecule has 0 radical (unpaired) electrons. The molecule has 0 unspecified atom stereocenters. The van der Waals surface area contributed by atoms with Crippen LogP contribution in [0, 0.1) is 12.2 Å². The van der Waals surface area contributed by atoms with E-state index in [-0.39, 0.29) is 24.8 Å². The van der Waals surface area contributed by atoms with Crippen molar-refractivity contribution in [2.75, 3.05) is 0 Å². The van der Waals surface area contributed by atoms with Crippen molar-refractivity contribution in [1.29, 1.82) is 0 Å². The second-order valence-electron chi connectivity index (χ2n) is 5.05. The topological polar surface area (TPSA) is 0 Å². The van der Waals surface area contributed by atoms with Gasteiger partial charge in [0.05, 0.1) is 0 Å². The van der Waals surface area contributed by atoms with Crippen molar-refractivity contribution in [1.82, 2.24) is 0 Å². The van der Waals surface area contributed by atoms with Crippen LogP contribution in [0.5, 0.6) is 0 Å². The summed E-state index contributed by atoms with van der Waals surface area (Å²) in [7, 11) is 0. The standard InChI is InChI=1S/2C7H9.C3H6.2ClH.Zr/c2*1-6-3-4-7(2)5-6;1-3-2;;;/h2*5H,3H2,1-2H3;1-2H3;2*1H;/q2*-1;;;;+2/p-2. The van der Waals surface area contributed by atoms with Gasteiger partial charge in [0.25, 0.3) is 0 Å². The van der Waals surface area contributed by atoms with Crippen LogP contribution in [0.3, 0.4) is 0 Å². The Kier molecular flexibility index (Phi) is 18.0. The molecule has 2 aliphatic carbocycles. The molecule has 0 saturated heterocycles. The van der Waals surface area contributed by atoms with Gasteiger partial charge in [-0.15, -0.1) is 12.8 Å². The van der Waals surface area contributed by atoms with Crippen molar-refractivity contribution in [3.05, 3.63) is 46.6 Å². The van der Waals surface area contributed by atoms with E-state index in [0.717, 1.165) is 12.8 Å². The van der Waals surface area contributed by atoms with Gasteiger partial charge in [0, 0.05) is 0 Å². The van der Waals surface area contributed by atoms with Crippen LogP contribution in [-0.2, 0) is 24.2 Å².